The Kier molecular flexibility index (Phi) is 13.9. The van der Waals surface area contributed by atoms with Crippen molar-refractivity contribution in [3.05, 3.63) is 83.4 Å². The Bertz CT molecular complexity index is 1730. The summed E-state index contributed by atoms with van der Waals surface area (Å²) in [5.41, 5.74) is 3.46. The molecule has 12 heteroatoms. The second-order valence-electron chi connectivity index (χ2n) is 15.3. The van der Waals surface area contributed by atoms with E-state index in [1.54, 1.807) is 31.2 Å². The van der Waals surface area contributed by atoms with Crippen LogP contribution in [0.3, 0.4) is 0 Å². The van der Waals surface area contributed by atoms with E-state index in [0.717, 1.165) is 40.6 Å². The summed E-state index contributed by atoms with van der Waals surface area (Å²) in [7, 11) is -7.93. The predicted molar refractivity (Wildman–Crippen MR) is 215 cm³/mol. The van der Waals surface area contributed by atoms with Gasteiger partial charge in [-0.15, -0.1) is 0 Å². The van der Waals surface area contributed by atoms with Gasteiger partial charge in [-0.2, -0.15) is 0 Å². The van der Waals surface area contributed by atoms with Crippen LogP contribution < -0.4 is 18.8 Å². The largest absolute Gasteiger partial charge is 0.544 e. The summed E-state index contributed by atoms with van der Waals surface area (Å²) >= 11 is 0. The van der Waals surface area contributed by atoms with Crippen molar-refractivity contribution in [2.45, 2.75) is 115 Å². The molecule has 0 saturated carbocycles. The maximum atomic E-state index is 14.2. The topological polar surface area (TPSA) is 103 Å². The Morgan fingerprint density at radius 1 is 0.923 bits per heavy atom. The Morgan fingerprint density at radius 2 is 1.54 bits per heavy atom. The molecule has 1 N–H and O–H groups in total. The van der Waals surface area contributed by atoms with Gasteiger partial charge in [0.05, 0.1) is 29.8 Å². The van der Waals surface area contributed by atoms with Crippen LogP contribution in [0.4, 0.5) is 5.69 Å². The third-order valence-corrected chi connectivity index (χ3v) is 21.6. The number of aryl methyl sites for hydroxylation is 1. The zero-order valence-corrected chi connectivity index (χ0v) is 35.7. The molecule has 1 unspecified atom stereocenters. The Hall–Kier alpha value is -3.17. The van der Waals surface area contributed by atoms with Crippen molar-refractivity contribution in [3.63, 3.8) is 0 Å². The fraction of sp³-hybridized carbons (Fsp3) is 0.525. The minimum Gasteiger partial charge on any atom is -0.544 e. The van der Waals surface area contributed by atoms with Crippen LogP contribution in [0.1, 0.15) is 71.3 Å². The normalized spacial score (nSPS) is 15.9. The third kappa shape index (κ3) is 10.1. The summed E-state index contributed by atoms with van der Waals surface area (Å²) in [6.45, 7) is 22.4. The van der Waals surface area contributed by atoms with Crippen LogP contribution in [0.2, 0.25) is 36.3 Å². The molecule has 4 rings (SSSR count). The van der Waals surface area contributed by atoms with Gasteiger partial charge in [0, 0.05) is 12.6 Å². The summed E-state index contributed by atoms with van der Waals surface area (Å²) < 4.78 is 54.4. The van der Waals surface area contributed by atoms with Gasteiger partial charge in [0.2, 0.25) is 8.32 Å². The van der Waals surface area contributed by atoms with Gasteiger partial charge in [0.25, 0.3) is 10.0 Å². The summed E-state index contributed by atoms with van der Waals surface area (Å²) in [6, 6.07) is 23.4. The van der Waals surface area contributed by atoms with E-state index in [9.17, 15) is 13.2 Å². The van der Waals surface area contributed by atoms with Crippen LogP contribution in [0.15, 0.2) is 71.6 Å². The Morgan fingerprint density at radius 3 is 2.12 bits per heavy atom. The van der Waals surface area contributed by atoms with E-state index >= 15 is 0 Å². The SMILES string of the molecule is CCOC(=O)COc1ccc2c(c1)CC(NC[C@H](O[Si](CC)(CC)CC)c1ccc(O[Si](C)(C)C(C)(C)C)cc1)CN2S(=O)(=O)c1ccc(C)cc1. The second-order valence-corrected chi connectivity index (χ2v) is 26.6. The first-order valence-electron chi connectivity index (χ1n) is 18.7. The highest BCUT2D eigenvalue weighted by molar-refractivity contribution is 7.92. The highest BCUT2D eigenvalue weighted by Crippen LogP contribution is 2.39. The van der Waals surface area contributed by atoms with Crippen LogP contribution >= 0.6 is 0 Å². The molecule has 0 radical (unpaired) electrons. The van der Waals surface area contributed by atoms with Gasteiger partial charge in [-0.1, -0.05) is 71.4 Å². The van der Waals surface area contributed by atoms with Crippen molar-refractivity contribution in [2.75, 3.05) is 30.6 Å². The van der Waals surface area contributed by atoms with E-state index in [1.807, 2.05) is 25.1 Å². The van der Waals surface area contributed by atoms with E-state index in [0.29, 0.717) is 24.4 Å². The third-order valence-electron chi connectivity index (χ3n) is 10.8. The lowest BCUT2D eigenvalue weighted by Gasteiger charge is -2.38. The van der Waals surface area contributed by atoms with Gasteiger partial charge < -0.3 is 23.6 Å². The standard InChI is InChI=1S/C40H60N2O7SSi2/c1-11-46-39(43)29-47-35-21-24-37-32(26-35)25-33(28-42(37)50(44,45)36-22-15-30(5)16-23-36)41-27-38(49-52(12-2,13-3)14-4)31-17-19-34(20-18-31)48-51(9,10)40(6,7)8/h15-24,26,33,38,41H,11-14,25,27-29H2,1-10H3/t33?,38-/m0/s1. The lowest BCUT2D eigenvalue weighted by molar-refractivity contribution is -0.145. The number of ether oxygens (including phenoxy) is 2. The molecule has 3 aromatic carbocycles. The average molecular weight is 769 g/mol. The van der Waals surface area contributed by atoms with Gasteiger partial charge in [-0.05, 0) is 110 Å². The highest BCUT2D eigenvalue weighted by atomic mass is 32.2. The van der Waals surface area contributed by atoms with Crippen molar-refractivity contribution < 1.29 is 31.5 Å². The maximum Gasteiger partial charge on any atom is 0.344 e. The number of anilines is 1. The summed E-state index contributed by atoms with van der Waals surface area (Å²) in [6.07, 6.45) is 0.340. The number of carbonyl (C=O) groups is 1. The molecule has 0 bridgehead atoms. The minimum atomic E-state index is -3.89. The number of nitrogens with zero attached hydrogens (tertiary/aromatic N) is 1. The number of esters is 1. The number of fused-ring (bicyclic) bond motifs is 1. The van der Waals surface area contributed by atoms with Gasteiger partial charge in [-0.25, -0.2) is 13.2 Å². The van der Waals surface area contributed by atoms with Crippen molar-refractivity contribution in [1.82, 2.24) is 5.32 Å². The Balaban J connectivity index is 1.65. The van der Waals surface area contributed by atoms with Crippen molar-refractivity contribution in [2.24, 2.45) is 0 Å². The number of sulfonamides is 1. The quantitative estimate of drug-likeness (QED) is 0.107. The number of hydrogen-bond donors (Lipinski definition) is 1. The molecule has 0 spiro atoms. The number of hydrogen-bond acceptors (Lipinski definition) is 8. The van der Waals surface area contributed by atoms with E-state index < -0.39 is 32.6 Å². The fourth-order valence-electron chi connectivity index (χ4n) is 6.23. The van der Waals surface area contributed by atoms with Crippen LogP contribution in [0.25, 0.3) is 0 Å². The summed E-state index contributed by atoms with van der Waals surface area (Å²) in [5, 5.41) is 3.82. The van der Waals surface area contributed by atoms with Gasteiger partial charge in [-0.3, -0.25) is 4.31 Å². The van der Waals surface area contributed by atoms with Crippen LogP contribution in [0, 0.1) is 6.92 Å². The van der Waals surface area contributed by atoms with Crippen LogP contribution in [-0.4, -0.2) is 63.4 Å². The first-order valence-corrected chi connectivity index (χ1v) is 25.6. The molecule has 3 aromatic rings. The smallest absolute Gasteiger partial charge is 0.344 e. The molecule has 1 aliphatic heterocycles. The maximum absolute atomic E-state index is 14.2. The number of nitrogens with one attached hydrogen (secondary N) is 1. The molecule has 1 aliphatic rings. The van der Waals surface area contributed by atoms with Gasteiger partial charge in [0.1, 0.15) is 11.5 Å². The monoisotopic (exact) mass is 768 g/mol. The number of carbonyl (C=O) groups excluding carboxylic acids is 1. The van der Waals surface area contributed by atoms with Crippen LogP contribution in [-0.2, 0) is 30.4 Å². The fourth-order valence-corrected chi connectivity index (χ4v) is 11.6. The molecular weight excluding hydrogens is 709 g/mol. The predicted octanol–water partition coefficient (Wildman–Crippen LogP) is 8.79. The lowest BCUT2D eigenvalue weighted by atomic mass is 9.98. The zero-order chi connectivity index (χ0) is 38.3. The molecular formula is C40H60N2O7SSi2. The molecule has 286 valence electrons. The molecule has 0 amide bonds. The van der Waals surface area contributed by atoms with Gasteiger partial charge in [0.15, 0.2) is 14.9 Å². The summed E-state index contributed by atoms with van der Waals surface area (Å²) in [5.74, 6) is 0.889. The molecule has 2 atom stereocenters. The zero-order valence-electron chi connectivity index (χ0n) is 32.9. The Labute approximate surface area is 314 Å². The first-order chi connectivity index (χ1) is 24.5. The molecule has 52 heavy (non-hydrogen) atoms. The molecule has 0 aliphatic carbocycles. The first kappa shape index (κ1) is 41.6. The van der Waals surface area contributed by atoms with Crippen molar-refractivity contribution in [1.29, 1.82) is 0 Å². The second kappa shape index (κ2) is 17.3. The lowest BCUT2D eigenvalue weighted by Crippen LogP contribution is -2.50. The highest BCUT2D eigenvalue weighted by Gasteiger charge is 2.39. The number of benzene rings is 3. The summed E-state index contributed by atoms with van der Waals surface area (Å²) in [4.78, 5) is 12.2. The van der Waals surface area contributed by atoms with Gasteiger partial charge >= 0.3 is 5.97 Å². The molecule has 0 saturated heterocycles. The average Bonchev–Trinajstić information content (AvgIpc) is 3.11. The van der Waals surface area contributed by atoms with Crippen molar-refractivity contribution in [3.8, 4) is 11.5 Å². The molecule has 0 fully saturated rings. The number of rotatable bonds is 17. The minimum absolute atomic E-state index is 0.0863. The van der Waals surface area contributed by atoms with Crippen molar-refractivity contribution >= 4 is 38.3 Å². The van der Waals surface area contributed by atoms with E-state index in [1.165, 1.54) is 4.31 Å². The molecule has 9 nitrogen and oxygen atoms in total. The molecule has 0 aromatic heterocycles. The van der Waals surface area contributed by atoms with Crippen LogP contribution in [0.5, 0.6) is 11.5 Å². The van der Waals surface area contributed by atoms with E-state index in [2.05, 4.69) is 84.2 Å². The van der Waals surface area contributed by atoms with E-state index in [4.69, 9.17) is 18.3 Å². The van der Waals surface area contributed by atoms with E-state index in [-0.39, 0.29) is 41.8 Å². The molecule has 1 heterocycles.